The maximum atomic E-state index is 12.2. The third-order valence-electron chi connectivity index (χ3n) is 4.78. The molecule has 3 amide bonds. The lowest BCUT2D eigenvalue weighted by Gasteiger charge is -2.19. The minimum absolute atomic E-state index is 0.0493. The summed E-state index contributed by atoms with van der Waals surface area (Å²) in [5, 5.41) is 2.72. The summed E-state index contributed by atoms with van der Waals surface area (Å²) in [4.78, 5) is 48.8. The van der Waals surface area contributed by atoms with Gasteiger partial charge in [-0.05, 0) is 25.7 Å². The average Bonchev–Trinajstić information content (AvgIpc) is 3.32. The van der Waals surface area contributed by atoms with Gasteiger partial charge in [0.15, 0.2) is 6.61 Å². The molecule has 3 fully saturated rings. The molecule has 23 heavy (non-hydrogen) atoms. The fourth-order valence-corrected chi connectivity index (χ4v) is 3.37. The molecule has 0 unspecified atom stereocenters. The van der Waals surface area contributed by atoms with Crippen molar-refractivity contribution in [2.75, 3.05) is 13.2 Å². The van der Waals surface area contributed by atoms with Gasteiger partial charge in [-0.2, -0.15) is 0 Å². The smallest absolute Gasteiger partial charge is 0.308 e. The van der Waals surface area contributed by atoms with E-state index >= 15 is 0 Å². The molecule has 0 radical (unpaired) electrons. The first-order chi connectivity index (χ1) is 11.1. The van der Waals surface area contributed by atoms with E-state index in [-0.39, 0.29) is 55.2 Å². The van der Waals surface area contributed by atoms with Crippen molar-refractivity contribution in [3.05, 3.63) is 0 Å². The van der Waals surface area contributed by atoms with Crippen molar-refractivity contribution in [3.63, 3.8) is 0 Å². The number of nitrogens with zero attached hydrogens (tertiary/aromatic N) is 1. The zero-order chi connectivity index (χ0) is 16.4. The van der Waals surface area contributed by atoms with E-state index < -0.39 is 5.97 Å². The topological polar surface area (TPSA) is 92.8 Å². The van der Waals surface area contributed by atoms with Crippen LogP contribution in [0.15, 0.2) is 0 Å². The summed E-state index contributed by atoms with van der Waals surface area (Å²) >= 11 is 0. The minimum atomic E-state index is -0.564. The van der Waals surface area contributed by atoms with Crippen LogP contribution in [-0.2, 0) is 23.9 Å². The van der Waals surface area contributed by atoms with Crippen molar-refractivity contribution < 1.29 is 23.9 Å². The van der Waals surface area contributed by atoms with Gasteiger partial charge in [-0.25, -0.2) is 0 Å². The number of hydrogen-bond acceptors (Lipinski definition) is 5. The van der Waals surface area contributed by atoms with Crippen LogP contribution in [0.1, 0.15) is 44.9 Å². The Bertz CT molecular complexity index is 505. The maximum absolute atomic E-state index is 12.2. The second-order valence-corrected chi connectivity index (χ2v) is 6.58. The highest BCUT2D eigenvalue weighted by Gasteiger charge is 2.47. The summed E-state index contributed by atoms with van der Waals surface area (Å²) in [6.45, 7) is -0.254. The summed E-state index contributed by atoms with van der Waals surface area (Å²) in [7, 11) is 0. The van der Waals surface area contributed by atoms with E-state index in [1.807, 2.05) is 0 Å². The Morgan fingerprint density at radius 1 is 1.04 bits per heavy atom. The predicted octanol–water partition coefficient (Wildman–Crippen LogP) is 0.374. The molecule has 0 aromatic heterocycles. The number of esters is 1. The molecule has 1 saturated heterocycles. The Balaban J connectivity index is 1.42. The van der Waals surface area contributed by atoms with Gasteiger partial charge in [0.2, 0.25) is 11.8 Å². The quantitative estimate of drug-likeness (QED) is 0.563. The summed E-state index contributed by atoms with van der Waals surface area (Å²) in [5.74, 6) is -1.57. The minimum Gasteiger partial charge on any atom is -0.456 e. The molecule has 7 nitrogen and oxygen atoms in total. The molecule has 0 bridgehead atoms. The predicted molar refractivity (Wildman–Crippen MR) is 78.9 cm³/mol. The number of ether oxygens (including phenoxy) is 1. The Labute approximate surface area is 134 Å². The molecule has 7 heteroatoms. The first-order valence-corrected chi connectivity index (χ1v) is 8.36. The Hall–Kier alpha value is -1.92. The maximum Gasteiger partial charge on any atom is 0.308 e. The Kier molecular flexibility index (Phi) is 4.63. The van der Waals surface area contributed by atoms with E-state index in [1.54, 1.807) is 0 Å². The highest BCUT2D eigenvalue weighted by atomic mass is 16.5. The molecular weight excluding hydrogens is 300 g/mol. The van der Waals surface area contributed by atoms with E-state index in [4.69, 9.17) is 4.74 Å². The van der Waals surface area contributed by atoms with Crippen molar-refractivity contribution in [2.24, 2.45) is 11.8 Å². The highest BCUT2D eigenvalue weighted by Crippen LogP contribution is 2.37. The summed E-state index contributed by atoms with van der Waals surface area (Å²) in [6, 6.07) is 0.226. The zero-order valence-corrected chi connectivity index (χ0v) is 13.1. The van der Waals surface area contributed by atoms with Crippen LogP contribution in [-0.4, -0.2) is 47.8 Å². The Morgan fingerprint density at radius 3 is 2.22 bits per heavy atom. The fourth-order valence-electron chi connectivity index (χ4n) is 3.37. The summed E-state index contributed by atoms with van der Waals surface area (Å²) in [6.07, 6.45) is 5.36. The molecule has 3 rings (SSSR count). The van der Waals surface area contributed by atoms with Gasteiger partial charge in [-0.1, -0.05) is 12.8 Å². The van der Waals surface area contributed by atoms with Gasteiger partial charge in [-0.3, -0.25) is 24.1 Å². The van der Waals surface area contributed by atoms with Crippen LogP contribution in [0.3, 0.4) is 0 Å². The number of imide groups is 1. The monoisotopic (exact) mass is 322 g/mol. The summed E-state index contributed by atoms with van der Waals surface area (Å²) in [5.41, 5.74) is 0. The van der Waals surface area contributed by atoms with Gasteiger partial charge in [0.05, 0.1) is 18.3 Å². The molecule has 2 atom stereocenters. The number of hydrogen-bond donors (Lipinski definition) is 1. The van der Waals surface area contributed by atoms with Crippen molar-refractivity contribution in [2.45, 2.75) is 51.0 Å². The van der Waals surface area contributed by atoms with E-state index in [2.05, 4.69) is 5.32 Å². The molecule has 2 aliphatic carbocycles. The molecule has 0 aromatic rings. The zero-order valence-electron chi connectivity index (χ0n) is 13.1. The van der Waals surface area contributed by atoms with Gasteiger partial charge in [-0.15, -0.1) is 0 Å². The number of rotatable bonds is 6. The third-order valence-corrected chi connectivity index (χ3v) is 4.78. The number of fused-ring (bicyclic) bond motifs is 1. The highest BCUT2D eigenvalue weighted by molar-refractivity contribution is 6.05. The van der Waals surface area contributed by atoms with E-state index in [0.29, 0.717) is 0 Å². The van der Waals surface area contributed by atoms with Crippen molar-refractivity contribution in [1.82, 2.24) is 10.2 Å². The van der Waals surface area contributed by atoms with Crippen LogP contribution in [0.5, 0.6) is 0 Å². The molecule has 0 aromatic carbocycles. The molecular formula is C16H22N2O5. The lowest BCUT2D eigenvalue weighted by atomic mass is 9.81. The van der Waals surface area contributed by atoms with Crippen LogP contribution in [0.25, 0.3) is 0 Å². The van der Waals surface area contributed by atoms with E-state index in [1.165, 1.54) is 4.90 Å². The van der Waals surface area contributed by atoms with Crippen LogP contribution in [0.4, 0.5) is 0 Å². The van der Waals surface area contributed by atoms with Gasteiger partial charge in [0.25, 0.3) is 5.91 Å². The molecule has 1 N–H and O–H groups in total. The number of carbonyl (C=O) groups is 4. The van der Waals surface area contributed by atoms with E-state index in [0.717, 1.165) is 38.5 Å². The normalized spacial score (nSPS) is 26.9. The van der Waals surface area contributed by atoms with Crippen molar-refractivity contribution >= 4 is 23.7 Å². The first kappa shape index (κ1) is 16.0. The van der Waals surface area contributed by atoms with Crippen LogP contribution in [0.2, 0.25) is 0 Å². The molecule has 2 saturated carbocycles. The number of carbonyl (C=O) groups excluding carboxylic acids is 4. The first-order valence-electron chi connectivity index (χ1n) is 8.36. The second kappa shape index (κ2) is 6.68. The molecule has 3 aliphatic rings. The van der Waals surface area contributed by atoms with Crippen LogP contribution in [0, 0.1) is 11.8 Å². The van der Waals surface area contributed by atoms with Gasteiger partial charge in [0.1, 0.15) is 0 Å². The second-order valence-electron chi connectivity index (χ2n) is 6.58. The average molecular weight is 322 g/mol. The third kappa shape index (κ3) is 3.71. The summed E-state index contributed by atoms with van der Waals surface area (Å²) < 4.78 is 4.88. The molecule has 0 spiro atoms. The SMILES string of the molecule is O=C(COC(=O)CCN1C(=O)[C@H]2CCCC[C@H]2C1=O)NC1CC1. The number of likely N-dealkylation sites (tertiary alicyclic amines) is 1. The molecule has 1 aliphatic heterocycles. The largest absolute Gasteiger partial charge is 0.456 e. The lowest BCUT2D eigenvalue weighted by molar-refractivity contribution is -0.150. The van der Waals surface area contributed by atoms with Crippen LogP contribution >= 0.6 is 0 Å². The molecule has 126 valence electrons. The molecule has 1 heterocycles. The van der Waals surface area contributed by atoms with Crippen LogP contribution < -0.4 is 5.32 Å². The fraction of sp³-hybridized carbons (Fsp3) is 0.750. The Morgan fingerprint density at radius 2 is 1.65 bits per heavy atom. The van der Waals surface area contributed by atoms with Gasteiger partial charge < -0.3 is 10.1 Å². The van der Waals surface area contributed by atoms with Gasteiger partial charge in [0, 0.05) is 12.6 Å². The number of nitrogens with one attached hydrogen (secondary N) is 1. The lowest BCUT2D eigenvalue weighted by Crippen LogP contribution is -2.34. The van der Waals surface area contributed by atoms with Gasteiger partial charge >= 0.3 is 5.97 Å². The van der Waals surface area contributed by atoms with Crippen molar-refractivity contribution in [3.8, 4) is 0 Å². The standard InChI is InChI=1S/C16H22N2O5/c19-13(17-10-5-6-10)9-23-14(20)7-8-18-15(21)11-3-1-2-4-12(11)16(18)22/h10-12H,1-9H2,(H,17,19)/t11-,12+. The van der Waals surface area contributed by atoms with E-state index in [9.17, 15) is 19.2 Å². The number of amides is 3. The van der Waals surface area contributed by atoms with Crippen molar-refractivity contribution in [1.29, 1.82) is 0 Å².